The smallest absolute Gasteiger partial charge is 0.0113 e. The van der Waals surface area contributed by atoms with Crippen molar-refractivity contribution in [1.82, 2.24) is 9.80 Å². The molecule has 1 saturated heterocycles. The Hall–Kier alpha value is -0.120. The maximum atomic E-state index is 5.99. The summed E-state index contributed by atoms with van der Waals surface area (Å²) in [5.41, 5.74) is 5.99. The SMILES string of the molecule is CC(C)CN1CCN(C2CCC(N)C2)CC1. The van der Waals surface area contributed by atoms with Crippen LogP contribution < -0.4 is 5.73 Å². The summed E-state index contributed by atoms with van der Waals surface area (Å²) in [6.45, 7) is 10.9. The molecule has 0 aromatic heterocycles. The third-order valence-electron chi connectivity index (χ3n) is 3.99. The van der Waals surface area contributed by atoms with Crippen molar-refractivity contribution in [3.8, 4) is 0 Å². The Morgan fingerprint density at radius 1 is 1.12 bits per heavy atom. The van der Waals surface area contributed by atoms with Crippen LogP contribution in [0.15, 0.2) is 0 Å². The zero-order chi connectivity index (χ0) is 11.5. The Labute approximate surface area is 100.0 Å². The molecular formula is C13H27N3. The fourth-order valence-corrected chi connectivity index (χ4v) is 3.15. The molecule has 1 aliphatic carbocycles. The van der Waals surface area contributed by atoms with E-state index in [1.54, 1.807) is 0 Å². The summed E-state index contributed by atoms with van der Waals surface area (Å²) in [6.07, 6.45) is 3.78. The Bertz CT molecular complexity index is 209. The van der Waals surface area contributed by atoms with Gasteiger partial charge in [-0.15, -0.1) is 0 Å². The second-order valence-corrected chi connectivity index (χ2v) is 5.96. The third kappa shape index (κ3) is 3.19. The van der Waals surface area contributed by atoms with Crippen LogP contribution in [-0.4, -0.2) is 54.6 Å². The van der Waals surface area contributed by atoms with Gasteiger partial charge in [-0.05, 0) is 25.2 Å². The molecule has 2 fully saturated rings. The first-order chi connectivity index (χ1) is 7.65. The number of rotatable bonds is 3. The molecule has 0 aromatic carbocycles. The minimum atomic E-state index is 0.471. The van der Waals surface area contributed by atoms with Crippen LogP contribution in [0, 0.1) is 5.92 Å². The van der Waals surface area contributed by atoms with Gasteiger partial charge in [0, 0.05) is 44.8 Å². The lowest BCUT2D eigenvalue weighted by Gasteiger charge is -2.38. The van der Waals surface area contributed by atoms with Gasteiger partial charge in [0.1, 0.15) is 0 Å². The first-order valence-electron chi connectivity index (χ1n) is 6.87. The normalized spacial score (nSPS) is 33.8. The van der Waals surface area contributed by atoms with Gasteiger partial charge in [-0.25, -0.2) is 0 Å². The second kappa shape index (κ2) is 5.48. The lowest BCUT2D eigenvalue weighted by Crippen LogP contribution is -2.50. The van der Waals surface area contributed by atoms with E-state index >= 15 is 0 Å². The van der Waals surface area contributed by atoms with Gasteiger partial charge in [-0.1, -0.05) is 13.8 Å². The lowest BCUT2D eigenvalue weighted by atomic mass is 10.1. The molecule has 0 amide bonds. The highest BCUT2D eigenvalue weighted by atomic mass is 15.3. The summed E-state index contributed by atoms with van der Waals surface area (Å²) >= 11 is 0. The molecule has 0 radical (unpaired) electrons. The van der Waals surface area contributed by atoms with Crippen molar-refractivity contribution in [3.05, 3.63) is 0 Å². The Kier molecular flexibility index (Phi) is 4.22. The Morgan fingerprint density at radius 3 is 2.31 bits per heavy atom. The number of hydrogen-bond donors (Lipinski definition) is 1. The highest BCUT2D eigenvalue weighted by molar-refractivity contribution is 4.87. The maximum Gasteiger partial charge on any atom is 0.0113 e. The third-order valence-corrected chi connectivity index (χ3v) is 3.99. The molecule has 16 heavy (non-hydrogen) atoms. The van der Waals surface area contributed by atoms with Crippen LogP contribution >= 0.6 is 0 Å². The summed E-state index contributed by atoms with van der Waals surface area (Å²) in [6, 6.07) is 1.26. The van der Waals surface area contributed by atoms with Crippen molar-refractivity contribution >= 4 is 0 Å². The van der Waals surface area contributed by atoms with Crippen molar-refractivity contribution in [3.63, 3.8) is 0 Å². The molecular weight excluding hydrogens is 198 g/mol. The van der Waals surface area contributed by atoms with Gasteiger partial charge >= 0.3 is 0 Å². The van der Waals surface area contributed by atoms with Crippen molar-refractivity contribution in [2.24, 2.45) is 11.7 Å². The molecule has 1 aliphatic heterocycles. The van der Waals surface area contributed by atoms with E-state index in [9.17, 15) is 0 Å². The van der Waals surface area contributed by atoms with Crippen LogP contribution in [0.5, 0.6) is 0 Å². The minimum Gasteiger partial charge on any atom is -0.328 e. The fraction of sp³-hybridized carbons (Fsp3) is 1.00. The van der Waals surface area contributed by atoms with Gasteiger partial charge in [0.2, 0.25) is 0 Å². The van der Waals surface area contributed by atoms with Crippen molar-refractivity contribution < 1.29 is 0 Å². The van der Waals surface area contributed by atoms with E-state index < -0.39 is 0 Å². The molecule has 0 spiro atoms. The maximum absolute atomic E-state index is 5.99. The molecule has 3 heteroatoms. The van der Waals surface area contributed by atoms with Gasteiger partial charge < -0.3 is 10.6 Å². The number of nitrogens with zero attached hydrogens (tertiary/aromatic N) is 2. The lowest BCUT2D eigenvalue weighted by molar-refractivity contribution is 0.0904. The van der Waals surface area contributed by atoms with Crippen molar-refractivity contribution in [1.29, 1.82) is 0 Å². The van der Waals surface area contributed by atoms with Gasteiger partial charge in [-0.2, -0.15) is 0 Å². The van der Waals surface area contributed by atoms with E-state index in [2.05, 4.69) is 23.6 Å². The van der Waals surface area contributed by atoms with Crippen molar-refractivity contribution in [2.45, 2.75) is 45.2 Å². The quantitative estimate of drug-likeness (QED) is 0.782. The molecule has 3 nitrogen and oxygen atoms in total. The van der Waals surface area contributed by atoms with Crippen LogP contribution in [0.25, 0.3) is 0 Å². The largest absolute Gasteiger partial charge is 0.328 e. The predicted molar refractivity (Wildman–Crippen MR) is 68.5 cm³/mol. The van der Waals surface area contributed by atoms with Crippen LogP contribution in [0.3, 0.4) is 0 Å². The number of hydrogen-bond acceptors (Lipinski definition) is 3. The zero-order valence-electron chi connectivity index (χ0n) is 10.9. The predicted octanol–water partition coefficient (Wildman–Crippen LogP) is 1.14. The molecule has 2 aliphatic rings. The van der Waals surface area contributed by atoms with Gasteiger partial charge in [0.05, 0.1) is 0 Å². The first kappa shape index (κ1) is 12.3. The summed E-state index contributed by atoms with van der Waals surface area (Å²) < 4.78 is 0. The van der Waals surface area contributed by atoms with Crippen molar-refractivity contribution in [2.75, 3.05) is 32.7 Å². The van der Waals surface area contributed by atoms with Crippen LogP contribution in [0.1, 0.15) is 33.1 Å². The Balaban J connectivity index is 1.72. The molecule has 94 valence electrons. The first-order valence-corrected chi connectivity index (χ1v) is 6.87. The molecule has 2 N–H and O–H groups in total. The molecule has 0 bridgehead atoms. The van der Waals surface area contributed by atoms with E-state index in [-0.39, 0.29) is 0 Å². The minimum absolute atomic E-state index is 0.471. The van der Waals surface area contributed by atoms with Gasteiger partial charge in [0.25, 0.3) is 0 Å². The van der Waals surface area contributed by atoms with Gasteiger partial charge in [0.15, 0.2) is 0 Å². The summed E-state index contributed by atoms with van der Waals surface area (Å²) in [4.78, 5) is 5.28. The van der Waals surface area contributed by atoms with E-state index in [0.29, 0.717) is 6.04 Å². The molecule has 2 unspecified atom stereocenters. The van der Waals surface area contributed by atoms with Gasteiger partial charge in [-0.3, -0.25) is 4.90 Å². The van der Waals surface area contributed by atoms with E-state index in [4.69, 9.17) is 5.73 Å². The summed E-state index contributed by atoms with van der Waals surface area (Å²) in [5, 5.41) is 0. The van der Waals surface area contributed by atoms with Crippen LogP contribution in [-0.2, 0) is 0 Å². The average Bonchev–Trinajstić information content (AvgIpc) is 2.65. The van der Waals surface area contributed by atoms with E-state index in [0.717, 1.165) is 12.0 Å². The highest BCUT2D eigenvalue weighted by Crippen LogP contribution is 2.23. The van der Waals surface area contributed by atoms with Crippen LogP contribution in [0.2, 0.25) is 0 Å². The zero-order valence-corrected chi connectivity index (χ0v) is 10.9. The summed E-state index contributed by atoms with van der Waals surface area (Å²) in [5.74, 6) is 0.798. The highest BCUT2D eigenvalue weighted by Gasteiger charge is 2.29. The molecule has 2 rings (SSSR count). The standard InChI is InChI=1S/C13H27N3/c1-11(2)10-15-5-7-16(8-6-15)13-4-3-12(14)9-13/h11-13H,3-10,14H2,1-2H3. The molecule has 2 atom stereocenters. The molecule has 0 aromatic rings. The average molecular weight is 225 g/mol. The molecule has 1 saturated carbocycles. The molecule has 1 heterocycles. The fourth-order valence-electron chi connectivity index (χ4n) is 3.15. The Morgan fingerprint density at radius 2 is 1.81 bits per heavy atom. The number of piperazine rings is 1. The van der Waals surface area contributed by atoms with E-state index in [1.165, 1.54) is 52.0 Å². The summed E-state index contributed by atoms with van der Waals surface area (Å²) in [7, 11) is 0. The topological polar surface area (TPSA) is 32.5 Å². The van der Waals surface area contributed by atoms with E-state index in [1.807, 2.05) is 0 Å². The monoisotopic (exact) mass is 225 g/mol. The second-order valence-electron chi connectivity index (χ2n) is 5.96. The number of nitrogens with two attached hydrogens (primary N) is 1. The van der Waals surface area contributed by atoms with Crippen LogP contribution in [0.4, 0.5) is 0 Å².